The van der Waals surface area contributed by atoms with Crippen LogP contribution in [0.1, 0.15) is 30.0 Å². The minimum absolute atomic E-state index is 0.0795. The van der Waals surface area contributed by atoms with E-state index in [1.54, 1.807) is 13.2 Å². The molecule has 1 atom stereocenters. The molecule has 0 aromatic carbocycles. The molecule has 6 heteroatoms. The number of rotatable bonds is 4. The van der Waals surface area contributed by atoms with Gasteiger partial charge in [-0.15, -0.1) is 0 Å². The summed E-state index contributed by atoms with van der Waals surface area (Å²) in [4.78, 5) is 8.39. The first-order valence-corrected chi connectivity index (χ1v) is 5.82. The molecule has 2 rings (SSSR count). The second-order valence-corrected chi connectivity index (χ2v) is 4.12. The summed E-state index contributed by atoms with van der Waals surface area (Å²) < 4.78 is 5.16. The SMILES string of the molecule is CNc1nccc(NC(C)c2c(C)noc2C)n1. The van der Waals surface area contributed by atoms with E-state index in [1.807, 2.05) is 26.8 Å². The Balaban J connectivity index is 2.18. The van der Waals surface area contributed by atoms with Crippen LogP contribution in [0.4, 0.5) is 11.8 Å². The van der Waals surface area contributed by atoms with Gasteiger partial charge in [0, 0.05) is 18.8 Å². The number of aromatic nitrogens is 3. The third kappa shape index (κ3) is 2.42. The van der Waals surface area contributed by atoms with Gasteiger partial charge in [0.15, 0.2) is 0 Å². The average molecular weight is 247 g/mol. The molecule has 96 valence electrons. The van der Waals surface area contributed by atoms with Gasteiger partial charge in [-0.05, 0) is 26.8 Å². The van der Waals surface area contributed by atoms with E-state index in [2.05, 4.69) is 25.8 Å². The molecular formula is C12H17N5O. The molecule has 0 bridgehead atoms. The van der Waals surface area contributed by atoms with Crippen LogP contribution in [0.2, 0.25) is 0 Å². The van der Waals surface area contributed by atoms with Crippen LogP contribution in [-0.4, -0.2) is 22.2 Å². The van der Waals surface area contributed by atoms with Crippen LogP contribution in [-0.2, 0) is 0 Å². The molecule has 2 aromatic rings. The van der Waals surface area contributed by atoms with Gasteiger partial charge in [-0.25, -0.2) is 4.98 Å². The molecule has 2 N–H and O–H groups in total. The van der Waals surface area contributed by atoms with Crippen molar-refractivity contribution >= 4 is 11.8 Å². The Morgan fingerprint density at radius 3 is 2.72 bits per heavy atom. The highest BCUT2D eigenvalue weighted by molar-refractivity contribution is 5.42. The lowest BCUT2D eigenvalue weighted by Gasteiger charge is -2.14. The zero-order valence-electron chi connectivity index (χ0n) is 11.0. The minimum Gasteiger partial charge on any atom is -0.363 e. The lowest BCUT2D eigenvalue weighted by Crippen LogP contribution is -2.10. The molecule has 0 aliphatic rings. The topological polar surface area (TPSA) is 75.9 Å². The average Bonchev–Trinajstić information content (AvgIpc) is 2.69. The molecule has 18 heavy (non-hydrogen) atoms. The third-order valence-corrected chi connectivity index (χ3v) is 2.77. The van der Waals surface area contributed by atoms with E-state index in [0.29, 0.717) is 5.95 Å². The van der Waals surface area contributed by atoms with Gasteiger partial charge < -0.3 is 15.2 Å². The molecular weight excluding hydrogens is 230 g/mol. The largest absolute Gasteiger partial charge is 0.363 e. The molecule has 0 amide bonds. The van der Waals surface area contributed by atoms with Crippen LogP contribution in [0.5, 0.6) is 0 Å². The summed E-state index contributed by atoms with van der Waals surface area (Å²) in [6.45, 7) is 5.89. The number of anilines is 2. The van der Waals surface area contributed by atoms with E-state index in [4.69, 9.17) is 4.52 Å². The standard InChI is InChI=1S/C12H17N5O/c1-7(11-8(2)17-18-9(11)3)15-10-5-6-14-12(13-4)16-10/h5-7H,1-4H3,(H2,13,14,15,16). The smallest absolute Gasteiger partial charge is 0.224 e. The van der Waals surface area contributed by atoms with E-state index in [9.17, 15) is 0 Å². The molecule has 0 aliphatic carbocycles. The van der Waals surface area contributed by atoms with Gasteiger partial charge >= 0.3 is 0 Å². The van der Waals surface area contributed by atoms with Crippen molar-refractivity contribution in [2.45, 2.75) is 26.8 Å². The van der Waals surface area contributed by atoms with Crippen LogP contribution in [0.25, 0.3) is 0 Å². The molecule has 0 aliphatic heterocycles. The maximum atomic E-state index is 5.16. The summed E-state index contributed by atoms with van der Waals surface area (Å²) in [6.07, 6.45) is 1.71. The maximum Gasteiger partial charge on any atom is 0.224 e. The predicted octanol–water partition coefficient (Wildman–Crippen LogP) is 2.30. The van der Waals surface area contributed by atoms with Crippen molar-refractivity contribution in [3.63, 3.8) is 0 Å². The van der Waals surface area contributed by atoms with Crippen molar-refractivity contribution in [1.82, 2.24) is 15.1 Å². The molecule has 0 saturated carbocycles. The summed E-state index contributed by atoms with van der Waals surface area (Å²) >= 11 is 0. The van der Waals surface area contributed by atoms with Gasteiger partial charge in [-0.3, -0.25) is 0 Å². The molecule has 6 nitrogen and oxygen atoms in total. The van der Waals surface area contributed by atoms with Crippen molar-refractivity contribution < 1.29 is 4.52 Å². The van der Waals surface area contributed by atoms with Gasteiger partial charge in [0.05, 0.1) is 11.7 Å². The lowest BCUT2D eigenvalue weighted by atomic mass is 10.1. The normalized spacial score (nSPS) is 12.2. The summed E-state index contributed by atoms with van der Waals surface area (Å²) in [7, 11) is 1.79. The number of aryl methyl sites for hydroxylation is 2. The number of nitrogens with zero attached hydrogens (tertiary/aromatic N) is 3. The minimum atomic E-state index is 0.0795. The van der Waals surface area contributed by atoms with Gasteiger partial charge in [-0.1, -0.05) is 5.16 Å². The zero-order valence-corrected chi connectivity index (χ0v) is 11.0. The van der Waals surface area contributed by atoms with Crippen molar-refractivity contribution in [2.24, 2.45) is 0 Å². The van der Waals surface area contributed by atoms with Crippen LogP contribution >= 0.6 is 0 Å². The Bertz CT molecular complexity index is 518. The van der Waals surface area contributed by atoms with Gasteiger partial charge in [0.25, 0.3) is 0 Å². The fraction of sp³-hybridized carbons (Fsp3) is 0.417. The molecule has 2 aromatic heterocycles. The number of hydrogen-bond acceptors (Lipinski definition) is 6. The van der Waals surface area contributed by atoms with E-state index >= 15 is 0 Å². The highest BCUT2D eigenvalue weighted by atomic mass is 16.5. The number of hydrogen-bond donors (Lipinski definition) is 2. The predicted molar refractivity (Wildman–Crippen MR) is 69.6 cm³/mol. The van der Waals surface area contributed by atoms with E-state index in [1.165, 1.54) is 0 Å². The van der Waals surface area contributed by atoms with E-state index in [-0.39, 0.29) is 6.04 Å². The van der Waals surface area contributed by atoms with E-state index < -0.39 is 0 Å². The van der Waals surface area contributed by atoms with Crippen LogP contribution < -0.4 is 10.6 Å². The fourth-order valence-electron chi connectivity index (χ4n) is 1.96. The maximum absolute atomic E-state index is 5.16. The first kappa shape index (κ1) is 12.3. The third-order valence-electron chi connectivity index (χ3n) is 2.77. The monoisotopic (exact) mass is 247 g/mol. The van der Waals surface area contributed by atoms with Crippen molar-refractivity contribution in [1.29, 1.82) is 0 Å². The van der Waals surface area contributed by atoms with Crippen LogP contribution in [0.3, 0.4) is 0 Å². The Kier molecular flexibility index (Phi) is 3.45. The van der Waals surface area contributed by atoms with Crippen molar-refractivity contribution in [3.8, 4) is 0 Å². The summed E-state index contributed by atoms with van der Waals surface area (Å²) in [5.74, 6) is 2.18. The molecule has 0 spiro atoms. The number of nitrogens with one attached hydrogen (secondary N) is 2. The Labute approximate surface area is 106 Å². The molecule has 1 unspecified atom stereocenters. The quantitative estimate of drug-likeness (QED) is 0.863. The summed E-state index contributed by atoms with van der Waals surface area (Å²) in [5, 5.41) is 10.2. The van der Waals surface area contributed by atoms with Gasteiger partial charge in [-0.2, -0.15) is 4.98 Å². The second-order valence-electron chi connectivity index (χ2n) is 4.12. The lowest BCUT2D eigenvalue weighted by molar-refractivity contribution is 0.392. The fourth-order valence-corrected chi connectivity index (χ4v) is 1.96. The van der Waals surface area contributed by atoms with Crippen molar-refractivity contribution in [2.75, 3.05) is 17.7 Å². The van der Waals surface area contributed by atoms with Crippen LogP contribution in [0, 0.1) is 13.8 Å². The Morgan fingerprint density at radius 1 is 1.33 bits per heavy atom. The molecule has 0 fully saturated rings. The highest BCUT2D eigenvalue weighted by Gasteiger charge is 2.16. The summed E-state index contributed by atoms with van der Waals surface area (Å²) in [6, 6.07) is 1.91. The summed E-state index contributed by atoms with van der Waals surface area (Å²) in [5.41, 5.74) is 1.97. The Hall–Kier alpha value is -2.11. The molecule has 0 radical (unpaired) electrons. The Morgan fingerprint density at radius 2 is 2.11 bits per heavy atom. The van der Waals surface area contributed by atoms with Crippen molar-refractivity contribution in [3.05, 3.63) is 29.3 Å². The molecule has 2 heterocycles. The second kappa shape index (κ2) is 5.03. The van der Waals surface area contributed by atoms with Gasteiger partial charge in [0.1, 0.15) is 11.6 Å². The highest BCUT2D eigenvalue weighted by Crippen LogP contribution is 2.24. The molecule has 0 saturated heterocycles. The first-order chi connectivity index (χ1) is 8.61. The van der Waals surface area contributed by atoms with Gasteiger partial charge in [0.2, 0.25) is 5.95 Å². The zero-order chi connectivity index (χ0) is 13.1. The van der Waals surface area contributed by atoms with E-state index in [0.717, 1.165) is 22.8 Å². The van der Waals surface area contributed by atoms with Crippen LogP contribution in [0.15, 0.2) is 16.8 Å². The first-order valence-electron chi connectivity index (χ1n) is 5.82.